The van der Waals surface area contributed by atoms with E-state index in [0.717, 1.165) is 64.1 Å². The number of morpholine rings is 1. The van der Waals surface area contributed by atoms with Gasteiger partial charge in [-0.25, -0.2) is 0 Å². The van der Waals surface area contributed by atoms with Crippen LogP contribution in [0.2, 0.25) is 0 Å². The highest BCUT2D eigenvalue weighted by molar-refractivity contribution is 14.0. The van der Waals surface area contributed by atoms with Crippen LogP contribution < -0.4 is 20.3 Å². The first-order valence-electron chi connectivity index (χ1n) is 11.6. The third kappa shape index (κ3) is 8.04. The van der Waals surface area contributed by atoms with E-state index in [1.165, 1.54) is 11.3 Å². The maximum Gasteiger partial charge on any atom is 0.191 e. The molecule has 8 heteroatoms. The molecule has 2 aliphatic heterocycles. The molecule has 2 saturated heterocycles. The van der Waals surface area contributed by atoms with Gasteiger partial charge >= 0.3 is 0 Å². The molecular formula is C25H36IN5O2. The van der Waals surface area contributed by atoms with Crippen LogP contribution in [-0.2, 0) is 11.3 Å². The van der Waals surface area contributed by atoms with Gasteiger partial charge in [0.1, 0.15) is 12.4 Å². The van der Waals surface area contributed by atoms with Crippen molar-refractivity contribution in [1.29, 1.82) is 0 Å². The van der Waals surface area contributed by atoms with E-state index in [9.17, 15) is 0 Å². The number of ether oxygens (including phenoxy) is 2. The number of para-hydroxylation sites is 1. The number of anilines is 1. The molecule has 7 nitrogen and oxygen atoms in total. The Morgan fingerprint density at radius 3 is 2.70 bits per heavy atom. The number of halogens is 1. The van der Waals surface area contributed by atoms with Crippen molar-refractivity contribution in [2.24, 2.45) is 4.99 Å². The third-order valence-corrected chi connectivity index (χ3v) is 6.01. The SMILES string of the molecule is CN=C(NCc1cccc(OCCN2CCOCC2)c1)NC1CCN(c2ccccc2)C1.I. The van der Waals surface area contributed by atoms with E-state index in [-0.39, 0.29) is 24.0 Å². The molecule has 0 radical (unpaired) electrons. The van der Waals surface area contributed by atoms with Crippen molar-refractivity contribution in [2.75, 3.05) is 64.5 Å². The summed E-state index contributed by atoms with van der Waals surface area (Å²) in [5.41, 5.74) is 2.46. The van der Waals surface area contributed by atoms with Gasteiger partial charge in [0, 0.05) is 58.0 Å². The molecule has 0 amide bonds. The highest BCUT2D eigenvalue weighted by Crippen LogP contribution is 2.19. The zero-order chi connectivity index (χ0) is 22.0. The molecule has 0 spiro atoms. The minimum absolute atomic E-state index is 0. The van der Waals surface area contributed by atoms with Crippen molar-refractivity contribution in [2.45, 2.75) is 19.0 Å². The Morgan fingerprint density at radius 1 is 1.09 bits per heavy atom. The first-order chi connectivity index (χ1) is 15.8. The number of guanidine groups is 1. The molecule has 4 rings (SSSR count). The van der Waals surface area contributed by atoms with E-state index < -0.39 is 0 Å². The molecule has 2 aromatic rings. The Bertz CT molecular complexity index is 861. The fourth-order valence-corrected chi connectivity index (χ4v) is 4.19. The van der Waals surface area contributed by atoms with Crippen LogP contribution in [0.5, 0.6) is 5.75 Å². The molecule has 0 aliphatic carbocycles. The number of benzene rings is 2. The van der Waals surface area contributed by atoms with Crippen molar-refractivity contribution in [3.8, 4) is 5.75 Å². The first-order valence-corrected chi connectivity index (χ1v) is 11.6. The second-order valence-corrected chi connectivity index (χ2v) is 8.29. The number of nitrogens with zero attached hydrogens (tertiary/aromatic N) is 3. The average Bonchev–Trinajstić information content (AvgIpc) is 3.32. The lowest BCUT2D eigenvalue weighted by Gasteiger charge is -2.26. The van der Waals surface area contributed by atoms with Crippen molar-refractivity contribution >= 4 is 35.6 Å². The van der Waals surface area contributed by atoms with E-state index in [2.05, 4.69) is 67.9 Å². The molecule has 2 N–H and O–H groups in total. The Kier molecular flexibility index (Phi) is 10.6. The van der Waals surface area contributed by atoms with Crippen LogP contribution in [0.1, 0.15) is 12.0 Å². The molecule has 2 aliphatic rings. The highest BCUT2D eigenvalue weighted by atomic mass is 127. The lowest BCUT2D eigenvalue weighted by molar-refractivity contribution is 0.0322. The minimum atomic E-state index is 0. The van der Waals surface area contributed by atoms with Crippen molar-refractivity contribution < 1.29 is 9.47 Å². The van der Waals surface area contributed by atoms with E-state index >= 15 is 0 Å². The Hall–Kier alpha value is -2.04. The fourth-order valence-electron chi connectivity index (χ4n) is 4.19. The van der Waals surface area contributed by atoms with Gasteiger partial charge in [0.25, 0.3) is 0 Å². The number of nitrogens with one attached hydrogen (secondary N) is 2. The molecular weight excluding hydrogens is 529 g/mol. The van der Waals surface area contributed by atoms with Gasteiger partial charge in [-0.2, -0.15) is 0 Å². The lowest BCUT2D eigenvalue weighted by Crippen LogP contribution is -2.44. The number of rotatable bonds is 8. The second-order valence-electron chi connectivity index (χ2n) is 8.29. The van der Waals surface area contributed by atoms with Crippen molar-refractivity contribution in [3.05, 3.63) is 60.2 Å². The van der Waals surface area contributed by atoms with Crippen LogP contribution in [-0.4, -0.2) is 76.5 Å². The molecule has 0 bridgehead atoms. The summed E-state index contributed by atoms with van der Waals surface area (Å²) >= 11 is 0. The summed E-state index contributed by atoms with van der Waals surface area (Å²) in [4.78, 5) is 9.22. The van der Waals surface area contributed by atoms with Crippen LogP contribution >= 0.6 is 24.0 Å². The second kappa shape index (κ2) is 13.6. The van der Waals surface area contributed by atoms with E-state index in [0.29, 0.717) is 19.2 Å². The Labute approximate surface area is 214 Å². The van der Waals surface area contributed by atoms with Crippen LogP contribution in [0.4, 0.5) is 5.69 Å². The fraction of sp³-hybridized carbons (Fsp3) is 0.480. The predicted molar refractivity (Wildman–Crippen MR) is 145 cm³/mol. The van der Waals surface area contributed by atoms with Gasteiger partial charge in [-0.15, -0.1) is 24.0 Å². The highest BCUT2D eigenvalue weighted by Gasteiger charge is 2.23. The summed E-state index contributed by atoms with van der Waals surface area (Å²) in [6.07, 6.45) is 1.10. The summed E-state index contributed by atoms with van der Waals surface area (Å²) < 4.78 is 11.4. The summed E-state index contributed by atoms with van der Waals surface area (Å²) in [6, 6.07) is 19.3. The van der Waals surface area contributed by atoms with Gasteiger partial charge in [-0.3, -0.25) is 9.89 Å². The molecule has 0 aromatic heterocycles. The maximum absolute atomic E-state index is 5.98. The van der Waals surface area contributed by atoms with Crippen LogP contribution in [0, 0.1) is 0 Å². The molecule has 2 fully saturated rings. The molecule has 33 heavy (non-hydrogen) atoms. The van der Waals surface area contributed by atoms with Gasteiger partial charge in [0.2, 0.25) is 0 Å². The van der Waals surface area contributed by atoms with Gasteiger partial charge < -0.3 is 25.0 Å². The molecule has 2 aromatic carbocycles. The average molecular weight is 566 g/mol. The van der Waals surface area contributed by atoms with E-state index in [4.69, 9.17) is 9.47 Å². The molecule has 1 atom stereocenters. The molecule has 2 heterocycles. The first kappa shape index (κ1) is 25.6. The zero-order valence-corrected chi connectivity index (χ0v) is 21.7. The lowest BCUT2D eigenvalue weighted by atomic mass is 10.2. The maximum atomic E-state index is 5.98. The Balaban J connectivity index is 0.00000306. The third-order valence-electron chi connectivity index (χ3n) is 6.01. The van der Waals surface area contributed by atoms with E-state index in [1.54, 1.807) is 0 Å². The van der Waals surface area contributed by atoms with Gasteiger partial charge in [0.05, 0.1) is 13.2 Å². The Morgan fingerprint density at radius 2 is 1.91 bits per heavy atom. The van der Waals surface area contributed by atoms with Crippen LogP contribution in [0.25, 0.3) is 0 Å². The number of aliphatic imine (C=N–C) groups is 1. The standard InChI is InChI=1S/C25H35N5O2.HI/c1-26-25(28-22-10-11-30(20-22)23-7-3-2-4-8-23)27-19-21-6-5-9-24(18-21)32-17-14-29-12-15-31-16-13-29;/h2-9,18,22H,10-17,19-20H2,1H3,(H2,26,27,28);1H. The molecule has 1 unspecified atom stereocenters. The largest absolute Gasteiger partial charge is 0.492 e. The summed E-state index contributed by atoms with van der Waals surface area (Å²) in [6.45, 7) is 8.00. The quantitative estimate of drug-likeness (QED) is 0.292. The van der Waals surface area contributed by atoms with Gasteiger partial charge in [-0.1, -0.05) is 30.3 Å². The van der Waals surface area contributed by atoms with Crippen molar-refractivity contribution in [3.63, 3.8) is 0 Å². The number of hydrogen-bond donors (Lipinski definition) is 2. The summed E-state index contributed by atoms with van der Waals surface area (Å²) in [7, 11) is 1.82. The number of hydrogen-bond acceptors (Lipinski definition) is 5. The van der Waals surface area contributed by atoms with Gasteiger partial charge in [-0.05, 0) is 36.2 Å². The van der Waals surface area contributed by atoms with Crippen LogP contribution in [0.3, 0.4) is 0 Å². The monoisotopic (exact) mass is 565 g/mol. The summed E-state index contributed by atoms with van der Waals surface area (Å²) in [5, 5.41) is 7.02. The topological polar surface area (TPSA) is 61.4 Å². The van der Waals surface area contributed by atoms with E-state index in [1.807, 2.05) is 19.2 Å². The zero-order valence-electron chi connectivity index (χ0n) is 19.4. The minimum Gasteiger partial charge on any atom is -0.492 e. The van der Waals surface area contributed by atoms with Crippen molar-refractivity contribution in [1.82, 2.24) is 15.5 Å². The molecule has 180 valence electrons. The summed E-state index contributed by atoms with van der Waals surface area (Å²) in [5.74, 6) is 1.75. The molecule has 0 saturated carbocycles. The van der Waals surface area contributed by atoms with Gasteiger partial charge in [0.15, 0.2) is 5.96 Å². The smallest absolute Gasteiger partial charge is 0.191 e. The normalized spacial score (nSPS) is 19.1. The van der Waals surface area contributed by atoms with Crippen LogP contribution in [0.15, 0.2) is 59.6 Å². The predicted octanol–water partition coefficient (Wildman–Crippen LogP) is 2.96.